The molecule has 0 amide bonds. The molecule has 0 aliphatic carbocycles. The Morgan fingerprint density at radius 1 is 1.33 bits per heavy atom. The fourth-order valence-corrected chi connectivity index (χ4v) is 2.06. The van der Waals surface area contributed by atoms with Gasteiger partial charge in [0, 0.05) is 6.04 Å². The lowest BCUT2D eigenvalue weighted by Gasteiger charge is -2.14. The number of ether oxygens (including phenoxy) is 1. The summed E-state index contributed by atoms with van der Waals surface area (Å²) < 4.78 is 8.44. The quantitative estimate of drug-likeness (QED) is 0.858. The molecule has 0 spiro atoms. The van der Waals surface area contributed by atoms with Crippen molar-refractivity contribution in [1.29, 1.82) is 0 Å². The average Bonchev–Trinajstić information content (AvgIpc) is 2.84. The second kappa shape index (κ2) is 6.36. The third-order valence-corrected chi connectivity index (χ3v) is 3.10. The third kappa shape index (κ3) is 3.48. The summed E-state index contributed by atoms with van der Waals surface area (Å²) in [6.07, 6.45) is 2.27. The standard InChI is InChI=1S/C14H22N4O3/c1-9(2)18-13-12(5-16-18)14(20)17(8-15-13)6-11(19)7-21-10(3)4/h5,8-11,19H,6-7H2,1-4H3. The molecular weight excluding hydrogens is 272 g/mol. The fraction of sp³-hybridized carbons (Fsp3) is 0.643. The molecular formula is C14H22N4O3. The maximum Gasteiger partial charge on any atom is 0.264 e. The zero-order valence-electron chi connectivity index (χ0n) is 12.9. The number of rotatable bonds is 6. The first-order valence-electron chi connectivity index (χ1n) is 7.12. The van der Waals surface area contributed by atoms with Crippen LogP contribution in [-0.4, -0.2) is 43.3 Å². The smallest absolute Gasteiger partial charge is 0.264 e. The summed E-state index contributed by atoms with van der Waals surface area (Å²) in [5.41, 5.74) is 0.370. The van der Waals surface area contributed by atoms with Crippen molar-refractivity contribution in [3.8, 4) is 0 Å². The van der Waals surface area contributed by atoms with E-state index in [1.165, 1.54) is 17.1 Å². The van der Waals surface area contributed by atoms with Gasteiger partial charge in [-0.05, 0) is 27.7 Å². The van der Waals surface area contributed by atoms with Crippen LogP contribution < -0.4 is 5.56 Å². The lowest BCUT2D eigenvalue weighted by molar-refractivity contribution is -0.00111. The van der Waals surface area contributed by atoms with Crippen molar-refractivity contribution in [2.24, 2.45) is 0 Å². The van der Waals surface area contributed by atoms with E-state index in [4.69, 9.17) is 4.74 Å². The van der Waals surface area contributed by atoms with E-state index in [0.717, 1.165) is 0 Å². The average molecular weight is 294 g/mol. The number of hydrogen-bond donors (Lipinski definition) is 1. The lowest BCUT2D eigenvalue weighted by Crippen LogP contribution is -2.30. The molecule has 2 aromatic rings. The molecule has 1 unspecified atom stereocenters. The van der Waals surface area contributed by atoms with Crippen molar-refractivity contribution in [1.82, 2.24) is 19.3 Å². The van der Waals surface area contributed by atoms with Crippen LogP contribution in [-0.2, 0) is 11.3 Å². The Hall–Kier alpha value is -1.73. The number of aliphatic hydroxyl groups excluding tert-OH is 1. The normalized spacial score (nSPS) is 13.5. The largest absolute Gasteiger partial charge is 0.389 e. The molecule has 2 aromatic heterocycles. The Kier molecular flexibility index (Phi) is 4.74. The highest BCUT2D eigenvalue weighted by Crippen LogP contribution is 2.11. The highest BCUT2D eigenvalue weighted by Gasteiger charge is 2.14. The van der Waals surface area contributed by atoms with Crippen molar-refractivity contribution in [3.63, 3.8) is 0 Å². The monoisotopic (exact) mass is 294 g/mol. The predicted octanol–water partition coefficient (Wildman–Crippen LogP) is 0.960. The molecule has 0 aliphatic rings. The van der Waals surface area contributed by atoms with E-state index in [0.29, 0.717) is 11.0 Å². The van der Waals surface area contributed by atoms with E-state index < -0.39 is 6.10 Å². The molecule has 21 heavy (non-hydrogen) atoms. The zero-order valence-corrected chi connectivity index (χ0v) is 12.9. The molecule has 0 radical (unpaired) electrons. The van der Waals surface area contributed by atoms with Crippen molar-refractivity contribution in [2.45, 2.75) is 52.5 Å². The van der Waals surface area contributed by atoms with E-state index in [1.54, 1.807) is 4.68 Å². The lowest BCUT2D eigenvalue weighted by atomic mass is 10.3. The van der Waals surface area contributed by atoms with Crippen LogP contribution in [0.15, 0.2) is 17.3 Å². The molecule has 0 saturated heterocycles. The second-order valence-corrected chi connectivity index (χ2v) is 5.66. The van der Waals surface area contributed by atoms with Gasteiger partial charge in [0.25, 0.3) is 5.56 Å². The van der Waals surface area contributed by atoms with Crippen molar-refractivity contribution in [3.05, 3.63) is 22.9 Å². The molecule has 7 nitrogen and oxygen atoms in total. The van der Waals surface area contributed by atoms with Gasteiger partial charge in [-0.1, -0.05) is 0 Å². The van der Waals surface area contributed by atoms with Gasteiger partial charge in [0.05, 0.1) is 31.6 Å². The van der Waals surface area contributed by atoms with Crippen molar-refractivity contribution in [2.75, 3.05) is 6.61 Å². The Morgan fingerprint density at radius 2 is 2.05 bits per heavy atom. The maximum atomic E-state index is 12.4. The molecule has 2 rings (SSSR count). The van der Waals surface area contributed by atoms with Crippen LogP contribution in [0.2, 0.25) is 0 Å². The van der Waals surface area contributed by atoms with E-state index in [1.807, 2.05) is 27.7 Å². The number of aliphatic hydroxyl groups is 1. The highest BCUT2D eigenvalue weighted by atomic mass is 16.5. The van der Waals surface area contributed by atoms with Gasteiger partial charge in [-0.2, -0.15) is 5.10 Å². The minimum Gasteiger partial charge on any atom is -0.389 e. The Bertz CT molecular complexity index is 660. The van der Waals surface area contributed by atoms with Crippen LogP contribution in [0.5, 0.6) is 0 Å². The molecule has 0 aromatic carbocycles. The SMILES string of the molecule is CC(C)OCC(O)Cn1cnc2c(cnn2C(C)C)c1=O. The molecule has 0 saturated carbocycles. The molecule has 0 bridgehead atoms. The molecule has 0 fully saturated rings. The van der Waals surface area contributed by atoms with Crippen LogP contribution in [0, 0.1) is 0 Å². The van der Waals surface area contributed by atoms with Gasteiger partial charge in [-0.25, -0.2) is 9.67 Å². The van der Waals surface area contributed by atoms with Gasteiger partial charge in [-0.15, -0.1) is 0 Å². The van der Waals surface area contributed by atoms with Gasteiger partial charge in [0.2, 0.25) is 0 Å². The fourth-order valence-electron chi connectivity index (χ4n) is 2.06. The van der Waals surface area contributed by atoms with Crippen LogP contribution >= 0.6 is 0 Å². The molecule has 1 atom stereocenters. The van der Waals surface area contributed by atoms with Gasteiger partial charge in [0.15, 0.2) is 5.65 Å². The summed E-state index contributed by atoms with van der Waals surface area (Å²) in [5, 5.41) is 14.6. The number of aromatic nitrogens is 4. The van der Waals surface area contributed by atoms with Gasteiger partial charge < -0.3 is 9.84 Å². The molecule has 2 heterocycles. The second-order valence-electron chi connectivity index (χ2n) is 5.66. The van der Waals surface area contributed by atoms with Gasteiger partial charge in [-0.3, -0.25) is 9.36 Å². The maximum absolute atomic E-state index is 12.4. The minimum absolute atomic E-state index is 0.0428. The first-order chi connectivity index (χ1) is 9.90. The molecule has 7 heteroatoms. The third-order valence-electron chi connectivity index (χ3n) is 3.10. The first kappa shape index (κ1) is 15.7. The van der Waals surface area contributed by atoms with Crippen LogP contribution in [0.3, 0.4) is 0 Å². The van der Waals surface area contributed by atoms with E-state index >= 15 is 0 Å². The Balaban J connectivity index is 2.22. The summed E-state index contributed by atoms with van der Waals surface area (Å²) in [7, 11) is 0. The number of nitrogens with zero attached hydrogens (tertiary/aromatic N) is 4. The first-order valence-corrected chi connectivity index (χ1v) is 7.12. The Labute approximate surface area is 123 Å². The highest BCUT2D eigenvalue weighted by molar-refractivity contribution is 5.72. The Morgan fingerprint density at radius 3 is 2.67 bits per heavy atom. The summed E-state index contributed by atoms with van der Waals surface area (Å²) in [6.45, 7) is 8.09. The summed E-state index contributed by atoms with van der Waals surface area (Å²) in [6, 6.07) is 0.135. The molecule has 116 valence electrons. The topological polar surface area (TPSA) is 82.2 Å². The molecule has 0 aliphatic heterocycles. The van der Waals surface area contributed by atoms with E-state index in [-0.39, 0.29) is 30.9 Å². The molecule has 1 N–H and O–H groups in total. The van der Waals surface area contributed by atoms with E-state index in [9.17, 15) is 9.90 Å². The predicted molar refractivity (Wildman–Crippen MR) is 79.3 cm³/mol. The minimum atomic E-state index is -0.746. The number of hydrogen-bond acceptors (Lipinski definition) is 5. The van der Waals surface area contributed by atoms with Crippen LogP contribution in [0.25, 0.3) is 11.0 Å². The van der Waals surface area contributed by atoms with Crippen molar-refractivity contribution < 1.29 is 9.84 Å². The van der Waals surface area contributed by atoms with Crippen molar-refractivity contribution >= 4 is 11.0 Å². The van der Waals surface area contributed by atoms with Gasteiger partial charge >= 0.3 is 0 Å². The van der Waals surface area contributed by atoms with Gasteiger partial charge in [0.1, 0.15) is 11.7 Å². The number of fused-ring (bicyclic) bond motifs is 1. The van der Waals surface area contributed by atoms with Crippen LogP contribution in [0.1, 0.15) is 33.7 Å². The summed E-state index contributed by atoms with van der Waals surface area (Å²) >= 11 is 0. The zero-order chi connectivity index (χ0) is 15.6. The van der Waals surface area contributed by atoms with E-state index in [2.05, 4.69) is 10.1 Å². The van der Waals surface area contributed by atoms with Crippen LogP contribution in [0.4, 0.5) is 0 Å². The summed E-state index contributed by atoms with van der Waals surface area (Å²) in [4.78, 5) is 16.6. The summed E-state index contributed by atoms with van der Waals surface area (Å²) in [5.74, 6) is 0.